The van der Waals surface area contributed by atoms with Crippen molar-refractivity contribution in [3.8, 4) is 0 Å². The fourth-order valence-corrected chi connectivity index (χ4v) is 1.64. The van der Waals surface area contributed by atoms with Gasteiger partial charge in [0.2, 0.25) is 0 Å². The molecule has 0 fully saturated rings. The maximum atomic E-state index is 4.04. The Morgan fingerprint density at radius 2 is 2.17 bits per heavy atom. The van der Waals surface area contributed by atoms with E-state index >= 15 is 0 Å². The number of nitrogens with one attached hydrogen (secondary N) is 1. The molecule has 0 radical (unpaired) electrons. The molecule has 3 nitrogen and oxygen atoms in total. The molecule has 1 aromatic rings. The van der Waals surface area contributed by atoms with E-state index in [0.29, 0.717) is 0 Å². The minimum absolute atomic E-state index is 1.01. The van der Waals surface area contributed by atoms with Gasteiger partial charge in [-0.3, -0.25) is 0 Å². The number of aryl methyl sites for hydroxylation is 1. The minimum Gasteiger partial charge on any atom is -0.316 e. The fourth-order valence-electron chi connectivity index (χ4n) is 0.936. The molecule has 12 heavy (non-hydrogen) atoms. The number of nitrogens with zero attached hydrogens (tertiary/aromatic N) is 2. The predicted molar refractivity (Wildman–Crippen MR) is 51.5 cm³/mol. The van der Waals surface area contributed by atoms with E-state index in [4.69, 9.17) is 0 Å². The fraction of sp³-hybridized carbons (Fsp3) is 0.750. The van der Waals surface area contributed by atoms with Gasteiger partial charge in [0, 0.05) is 13.0 Å². The average molecular weight is 185 g/mol. The molecule has 0 saturated heterocycles. The first kappa shape index (κ1) is 9.61. The lowest BCUT2D eigenvalue weighted by molar-refractivity contribution is 0.667. The Kier molecular flexibility index (Phi) is 4.18. The first-order chi connectivity index (χ1) is 5.83. The highest BCUT2D eigenvalue weighted by molar-refractivity contribution is 7.11. The SMILES string of the molecule is CCCNCCc1nnc(C)s1. The Labute approximate surface area is 77.2 Å². The van der Waals surface area contributed by atoms with Crippen LogP contribution in [-0.4, -0.2) is 23.3 Å². The molecule has 0 spiro atoms. The highest BCUT2D eigenvalue weighted by Gasteiger charge is 1.98. The number of rotatable bonds is 5. The molecule has 0 aliphatic heterocycles. The van der Waals surface area contributed by atoms with Gasteiger partial charge in [-0.2, -0.15) is 0 Å². The maximum absolute atomic E-state index is 4.04. The lowest BCUT2D eigenvalue weighted by Crippen LogP contribution is -2.17. The summed E-state index contributed by atoms with van der Waals surface area (Å²) >= 11 is 1.68. The first-order valence-corrected chi connectivity index (χ1v) is 5.14. The van der Waals surface area contributed by atoms with E-state index < -0.39 is 0 Å². The Morgan fingerprint density at radius 1 is 1.33 bits per heavy atom. The highest BCUT2D eigenvalue weighted by atomic mass is 32.1. The van der Waals surface area contributed by atoms with Crippen molar-refractivity contribution in [2.45, 2.75) is 26.7 Å². The van der Waals surface area contributed by atoms with Gasteiger partial charge in [-0.1, -0.05) is 6.92 Å². The van der Waals surface area contributed by atoms with E-state index in [-0.39, 0.29) is 0 Å². The topological polar surface area (TPSA) is 37.8 Å². The Bertz CT molecular complexity index is 222. The average Bonchev–Trinajstić information content (AvgIpc) is 2.45. The molecule has 1 heterocycles. The highest BCUT2D eigenvalue weighted by Crippen LogP contribution is 2.07. The second-order valence-electron chi connectivity index (χ2n) is 2.71. The quantitative estimate of drug-likeness (QED) is 0.704. The predicted octanol–water partition coefficient (Wildman–Crippen LogP) is 1.39. The Balaban J connectivity index is 2.15. The standard InChI is InChI=1S/C8H15N3S/c1-3-5-9-6-4-8-11-10-7(2)12-8/h9H,3-6H2,1-2H3. The van der Waals surface area contributed by atoms with Crippen LogP contribution in [0.25, 0.3) is 0 Å². The zero-order valence-electron chi connectivity index (χ0n) is 7.63. The second kappa shape index (κ2) is 5.22. The van der Waals surface area contributed by atoms with E-state index in [2.05, 4.69) is 22.4 Å². The molecule has 0 saturated carbocycles. The van der Waals surface area contributed by atoms with Gasteiger partial charge in [-0.25, -0.2) is 0 Å². The van der Waals surface area contributed by atoms with Gasteiger partial charge in [-0.15, -0.1) is 21.5 Å². The third kappa shape index (κ3) is 3.28. The molecule has 0 atom stereocenters. The summed E-state index contributed by atoms with van der Waals surface area (Å²) in [7, 11) is 0. The molecular formula is C8H15N3S. The van der Waals surface area contributed by atoms with Gasteiger partial charge in [0.1, 0.15) is 10.0 Å². The van der Waals surface area contributed by atoms with Crippen molar-refractivity contribution in [3.05, 3.63) is 10.0 Å². The normalized spacial score (nSPS) is 10.5. The van der Waals surface area contributed by atoms with Crippen molar-refractivity contribution in [1.82, 2.24) is 15.5 Å². The Morgan fingerprint density at radius 3 is 2.75 bits per heavy atom. The van der Waals surface area contributed by atoms with Gasteiger partial charge >= 0.3 is 0 Å². The lowest BCUT2D eigenvalue weighted by Gasteiger charge is -1.98. The van der Waals surface area contributed by atoms with Crippen LogP contribution in [0, 0.1) is 6.92 Å². The van der Waals surface area contributed by atoms with E-state index in [1.165, 1.54) is 6.42 Å². The molecule has 0 bridgehead atoms. The molecule has 0 unspecified atom stereocenters. The van der Waals surface area contributed by atoms with Crippen LogP contribution < -0.4 is 5.32 Å². The zero-order valence-corrected chi connectivity index (χ0v) is 8.45. The van der Waals surface area contributed by atoms with E-state index in [9.17, 15) is 0 Å². The third-order valence-electron chi connectivity index (χ3n) is 1.51. The molecule has 1 rings (SSSR count). The van der Waals surface area contributed by atoms with Crippen LogP contribution in [0.5, 0.6) is 0 Å². The summed E-state index contributed by atoms with van der Waals surface area (Å²) < 4.78 is 0. The van der Waals surface area contributed by atoms with Crippen molar-refractivity contribution in [3.63, 3.8) is 0 Å². The second-order valence-corrected chi connectivity index (χ2v) is 3.98. The molecule has 0 aliphatic carbocycles. The molecule has 0 amide bonds. The van der Waals surface area contributed by atoms with Crippen LogP contribution in [-0.2, 0) is 6.42 Å². The number of aromatic nitrogens is 2. The van der Waals surface area contributed by atoms with Gasteiger partial charge in [-0.05, 0) is 19.9 Å². The van der Waals surface area contributed by atoms with Gasteiger partial charge in [0.25, 0.3) is 0 Å². The summed E-state index contributed by atoms with van der Waals surface area (Å²) in [6.45, 7) is 6.27. The van der Waals surface area contributed by atoms with Crippen LogP contribution in [0.2, 0.25) is 0 Å². The summed E-state index contributed by atoms with van der Waals surface area (Å²) in [4.78, 5) is 0. The van der Waals surface area contributed by atoms with E-state index in [0.717, 1.165) is 29.5 Å². The van der Waals surface area contributed by atoms with Gasteiger partial charge < -0.3 is 5.32 Å². The van der Waals surface area contributed by atoms with E-state index in [1.807, 2.05) is 6.92 Å². The summed E-state index contributed by atoms with van der Waals surface area (Å²) in [5.41, 5.74) is 0. The van der Waals surface area contributed by atoms with Crippen molar-refractivity contribution in [2.75, 3.05) is 13.1 Å². The Hall–Kier alpha value is -0.480. The molecule has 68 valence electrons. The number of hydrogen-bond donors (Lipinski definition) is 1. The third-order valence-corrected chi connectivity index (χ3v) is 2.41. The summed E-state index contributed by atoms with van der Waals surface area (Å²) in [6.07, 6.45) is 2.20. The van der Waals surface area contributed by atoms with Crippen molar-refractivity contribution < 1.29 is 0 Å². The molecule has 1 N–H and O–H groups in total. The summed E-state index contributed by atoms with van der Waals surface area (Å²) in [6, 6.07) is 0. The molecular weight excluding hydrogens is 170 g/mol. The van der Waals surface area contributed by atoms with Crippen LogP contribution in [0.3, 0.4) is 0 Å². The maximum Gasteiger partial charge on any atom is 0.118 e. The molecule has 1 aromatic heterocycles. The van der Waals surface area contributed by atoms with Crippen molar-refractivity contribution >= 4 is 11.3 Å². The lowest BCUT2D eigenvalue weighted by atomic mass is 10.4. The number of hydrogen-bond acceptors (Lipinski definition) is 4. The smallest absolute Gasteiger partial charge is 0.118 e. The molecule has 4 heteroatoms. The van der Waals surface area contributed by atoms with Crippen molar-refractivity contribution in [2.24, 2.45) is 0 Å². The van der Waals surface area contributed by atoms with Gasteiger partial charge in [0.05, 0.1) is 0 Å². The van der Waals surface area contributed by atoms with Crippen LogP contribution in [0.15, 0.2) is 0 Å². The van der Waals surface area contributed by atoms with Crippen LogP contribution in [0.1, 0.15) is 23.4 Å². The van der Waals surface area contributed by atoms with Crippen LogP contribution >= 0.6 is 11.3 Å². The minimum atomic E-state index is 1.01. The van der Waals surface area contributed by atoms with Gasteiger partial charge in [0.15, 0.2) is 0 Å². The molecule has 0 aromatic carbocycles. The largest absolute Gasteiger partial charge is 0.316 e. The zero-order chi connectivity index (χ0) is 8.81. The summed E-state index contributed by atoms with van der Waals surface area (Å²) in [5.74, 6) is 0. The monoisotopic (exact) mass is 185 g/mol. The van der Waals surface area contributed by atoms with Crippen LogP contribution in [0.4, 0.5) is 0 Å². The van der Waals surface area contributed by atoms with E-state index in [1.54, 1.807) is 11.3 Å². The summed E-state index contributed by atoms with van der Waals surface area (Å²) in [5, 5.41) is 13.5. The first-order valence-electron chi connectivity index (χ1n) is 4.32. The molecule has 0 aliphatic rings. The van der Waals surface area contributed by atoms with Crippen molar-refractivity contribution in [1.29, 1.82) is 0 Å².